The largest absolute Gasteiger partial charge is 0.354 e. The number of rotatable bonds is 13. The van der Waals surface area contributed by atoms with Crippen molar-refractivity contribution in [2.45, 2.75) is 66.0 Å². The number of aryl methyl sites for hydroxylation is 2. The number of unbranched alkanes of at least 4 members (excludes halogenated alkanes) is 1. The Hall–Kier alpha value is -2.87. The molecule has 192 valence electrons. The van der Waals surface area contributed by atoms with Crippen molar-refractivity contribution in [2.24, 2.45) is 0 Å². The molecule has 0 aliphatic rings. The summed E-state index contributed by atoms with van der Waals surface area (Å²) in [7, 11) is -3.74. The Labute approximate surface area is 210 Å². The number of hydrogen-bond donors (Lipinski definition) is 1. The summed E-state index contributed by atoms with van der Waals surface area (Å²) in [4.78, 5) is 28.3. The van der Waals surface area contributed by atoms with Crippen molar-refractivity contribution < 1.29 is 18.0 Å². The lowest BCUT2D eigenvalue weighted by atomic mass is 10.1. The van der Waals surface area contributed by atoms with E-state index in [1.807, 2.05) is 64.1 Å². The maximum Gasteiger partial charge on any atom is 0.244 e. The van der Waals surface area contributed by atoms with Crippen molar-refractivity contribution in [3.8, 4) is 0 Å². The highest BCUT2D eigenvalue weighted by molar-refractivity contribution is 7.92. The van der Waals surface area contributed by atoms with E-state index in [4.69, 9.17) is 0 Å². The van der Waals surface area contributed by atoms with Gasteiger partial charge in [-0.3, -0.25) is 13.9 Å². The first-order valence-electron chi connectivity index (χ1n) is 12.3. The monoisotopic (exact) mass is 501 g/mol. The van der Waals surface area contributed by atoms with Crippen molar-refractivity contribution in [2.75, 3.05) is 23.7 Å². The molecule has 0 bridgehead atoms. The maximum atomic E-state index is 13.7. The van der Waals surface area contributed by atoms with E-state index in [0.717, 1.165) is 40.1 Å². The number of sulfonamides is 1. The average molecular weight is 502 g/mol. The lowest BCUT2D eigenvalue weighted by Crippen LogP contribution is -2.52. The fraction of sp³-hybridized carbons (Fsp3) is 0.481. The predicted octanol–water partition coefficient (Wildman–Crippen LogP) is 4.05. The molecule has 2 aromatic carbocycles. The number of hydrogen-bond acceptors (Lipinski definition) is 4. The Morgan fingerprint density at radius 1 is 1.03 bits per heavy atom. The zero-order valence-electron chi connectivity index (χ0n) is 21.6. The Morgan fingerprint density at radius 2 is 1.74 bits per heavy atom. The van der Waals surface area contributed by atoms with Gasteiger partial charge in [-0.15, -0.1) is 0 Å². The lowest BCUT2D eigenvalue weighted by molar-refractivity contribution is -0.140. The minimum Gasteiger partial charge on any atom is -0.354 e. The summed E-state index contributed by atoms with van der Waals surface area (Å²) in [5.41, 5.74) is 3.25. The highest BCUT2D eigenvalue weighted by Crippen LogP contribution is 2.24. The molecule has 0 saturated carbocycles. The van der Waals surface area contributed by atoms with Crippen LogP contribution in [0.1, 0.15) is 56.7 Å². The SMILES string of the molecule is CCCCNC(=O)[C@H](CC)N(Cc1cccc(C)c1)C(=O)CN(c1ccccc1CC)S(C)(=O)=O. The Morgan fingerprint density at radius 3 is 2.34 bits per heavy atom. The summed E-state index contributed by atoms with van der Waals surface area (Å²) in [5, 5.41) is 2.94. The van der Waals surface area contributed by atoms with Crippen LogP contribution in [0.3, 0.4) is 0 Å². The molecule has 2 rings (SSSR count). The van der Waals surface area contributed by atoms with Gasteiger partial charge in [0.05, 0.1) is 11.9 Å². The van der Waals surface area contributed by atoms with Crippen LogP contribution in [0.4, 0.5) is 5.69 Å². The predicted molar refractivity (Wildman–Crippen MR) is 142 cm³/mol. The maximum absolute atomic E-state index is 13.7. The average Bonchev–Trinajstić information content (AvgIpc) is 2.81. The summed E-state index contributed by atoms with van der Waals surface area (Å²) in [6.07, 6.45) is 3.94. The van der Waals surface area contributed by atoms with Crippen molar-refractivity contribution in [3.63, 3.8) is 0 Å². The van der Waals surface area contributed by atoms with Crippen molar-refractivity contribution in [1.29, 1.82) is 0 Å². The van der Waals surface area contributed by atoms with Crippen LogP contribution in [0.15, 0.2) is 48.5 Å². The van der Waals surface area contributed by atoms with E-state index in [-0.39, 0.29) is 19.0 Å². The molecule has 0 aliphatic heterocycles. The van der Waals surface area contributed by atoms with Crippen LogP contribution in [0.5, 0.6) is 0 Å². The number of anilines is 1. The molecule has 0 spiro atoms. The van der Waals surface area contributed by atoms with E-state index in [9.17, 15) is 18.0 Å². The smallest absolute Gasteiger partial charge is 0.244 e. The first kappa shape index (κ1) is 28.4. The Bertz CT molecular complexity index is 1100. The van der Waals surface area contributed by atoms with Gasteiger partial charge in [-0.2, -0.15) is 0 Å². The number of para-hydroxylation sites is 1. The molecule has 2 amide bonds. The van der Waals surface area contributed by atoms with Gasteiger partial charge in [-0.1, -0.05) is 75.2 Å². The van der Waals surface area contributed by atoms with Gasteiger partial charge in [0.2, 0.25) is 21.8 Å². The molecule has 1 atom stereocenters. The van der Waals surface area contributed by atoms with Crippen molar-refractivity contribution in [1.82, 2.24) is 10.2 Å². The number of nitrogens with one attached hydrogen (secondary N) is 1. The molecule has 1 N–H and O–H groups in total. The van der Waals surface area contributed by atoms with Crippen LogP contribution in [0, 0.1) is 6.92 Å². The molecule has 35 heavy (non-hydrogen) atoms. The zero-order chi connectivity index (χ0) is 26.0. The molecule has 0 radical (unpaired) electrons. The van der Waals surface area contributed by atoms with Crippen LogP contribution < -0.4 is 9.62 Å². The third-order valence-electron chi connectivity index (χ3n) is 5.97. The minimum absolute atomic E-state index is 0.216. The second kappa shape index (κ2) is 13.3. The van der Waals surface area contributed by atoms with E-state index < -0.39 is 22.0 Å². The molecule has 8 heteroatoms. The quantitative estimate of drug-likeness (QED) is 0.420. The van der Waals surface area contributed by atoms with Gasteiger partial charge in [-0.05, 0) is 43.4 Å². The molecular weight excluding hydrogens is 462 g/mol. The second-order valence-electron chi connectivity index (χ2n) is 8.83. The van der Waals surface area contributed by atoms with Crippen molar-refractivity contribution >= 4 is 27.5 Å². The zero-order valence-corrected chi connectivity index (χ0v) is 22.4. The molecule has 0 unspecified atom stereocenters. The van der Waals surface area contributed by atoms with Gasteiger partial charge >= 0.3 is 0 Å². The lowest BCUT2D eigenvalue weighted by Gasteiger charge is -2.33. The molecule has 0 fully saturated rings. The number of carbonyl (C=O) groups is 2. The molecule has 7 nitrogen and oxygen atoms in total. The molecule has 0 saturated heterocycles. The summed E-state index contributed by atoms with van der Waals surface area (Å²) < 4.78 is 26.7. The van der Waals surface area contributed by atoms with Gasteiger partial charge in [0, 0.05) is 13.1 Å². The summed E-state index contributed by atoms with van der Waals surface area (Å²) in [6.45, 7) is 8.20. The standard InChI is InChI=1S/C27H39N3O4S/c1-6-9-17-28-27(32)24(8-3)29(19-22-14-12-13-21(4)18-22)26(31)20-30(35(5,33)34)25-16-11-10-15-23(25)7-2/h10-16,18,24H,6-9,17,19-20H2,1-5H3,(H,28,32)/t24-/m0/s1. The van der Waals surface area contributed by atoms with E-state index in [0.29, 0.717) is 25.1 Å². The first-order chi connectivity index (χ1) is 16.6. The fourth-order valence-electron chi connectivity index (χ4n) is 4.08. The number of nitrogens with zero attached hydrogens (tertiary/aromatic N) is 2. The number of carbonyl (C=O) groups excluding carboxylic acids is 2. The highest BCUT2D eigenvalue weighted by atomic mass is 32.2. The second-order valence-corrected chi connectivity index (χ2v) is 10.7. The number of benzene rings is 2. The molecular formula is C27H39N3O4S. The normalized spacial score (nSPS) is 12.1. The van der Waals surface area contributed by atoms with Gasteiger partial charge in [0.25, 0.3) is 0 Å². The fourth-order valence-corrected chi connectivity index (χ4v) is 4.96. The van der Waals surface area contributed by atoms with Crippen LogP contribution >= 0.6 is 0 Å². The van der Waals surface area contributed by atoms with E-state index in [1.165, 1.54) is 4.90 Å². The van der Waals surface area contributed by atoms with Crippen LogP contribution in [-0.4, -0.2) is 50.5 Å². The van der Waals surface area contributed by atoms with E-state index in [1.54, 1.807) is 12.1 Å². The van der Waals surface area contributed by atoms with Gasteiger partial charge < -0.3 is 10.2 Å². The Balaban J connectivity index is 2.44. The number of amides is 2. The van der Waals surface area contributed by atoms with Crippen LogP contribution in [0.2, 0.25) is 0 Å². The molecule has 0 aliphatic carbocycles. The first-order valence-corrected chi connectivity index (χ1v) is 14.1. The highest BCUT2D eigenvalue weighted by Gasteiger charge is 2.32. The topological polar surface area (TPSA) is 86.8 Å². The van der Waals surface area contributed by atoms with Crippen LogP contribution in [0.25, 0.3) is 0 Å². The van der Waals surface area contributed by atoms with Gasteiger partial charge in [0.1, 0.15) is 12.6 Å². The summed E-state index contributed by atoms with van der Waals surface area (Å²) in [5.74, 6) is -0.637. The molecule has 0 heterocycles. The third kappa shape index (κ3) is 8.09. The van der Waals surface area contributed by atoms with Gasteiger partial charge in [0.15, 0.2) is 0 Å². The molecule has 2 aromatic rings. The van der Waals surface area contributed by atoms with Crippen molar-refractivity contribution in [3.05, 3.63) is 65.2 Å². The molecule has 0 aromatic heterocycles. The van der Waals surface area contributed by atoms with E-state index in [2.05, 4.69) is 5.32 Å². The Kier molecular flexibility index (Phi) is 10.8. The summed E-state index contributed by atoms with van der Waals surface area (Å²) >= 11 is 0. The van der Waals surface area contributed by atoms with Crippen LogP contribution in [-0.2, 0) is 32.6 Å². The summed E-state index contributed by atoms with van der Waals surface area (Å²) in [6, 6.07) is 14.2. The van der Waals surface area contributed by atoms with Gasteiger partial charge in [-0.25, -0.2) is 8.42 Å². The third-order valence-corrected chi connectivity index (χ3v) is 7.10. The van der Waals surface area contributed by atoms with E-state index >= 15 is 0 Å². The minimum atomic E-state index is -3.74.